The number of rotatable bonds is 6. The number of aliphatic hydroxyl groups excluding tert-OH is 1. The van der Waals surface area contributed by atoms with Gasteiger partial charge in [-0.05, 0) is 17.7 Å². The molecule has 0 saturated heterocycles. The van der Waals surface area contributed by atoms with E-state index in [9.17, 15) is 13.2 Å². The Labute approximate surface area is 110 Å². The van der Waals surface area contributed by atoms with Crippen LogP contribution in [0.25, 0.3) is 6.08 Å². The van der Waals surface area contributed by atoms with Crippen molar-refractivity contribution in [2.45, 2.75) is 4.90 Å². The van der Waals surface area contributed by atoms with E-state index in [0.717, 1.165) is 10.4 Å². The molecule has 0 bridgehead atoms. The van der Waals surface area contributed by atoms with Gasteiger partial charge in [-0.1, -0.05) is 0 Å². The number of likely N-dealkylation sites (N-methyl/N-ethyl adjacent to an activating group) is 1. The number of hydrogen-bond acceptors (Lipinski definition) is 5. The van der Waals surface area contributed by atoms with Crippen LogP contribution in [0.2, 0.25) is 0 Å². The molecule has 7 nitrogen and oxygen atoms in total. The lowest BCUT2D eigenvalue weighted by Crippen LogP contribution is -2.29. The van der Waals surface area contributed by atoms with Crippen molar-refractivity contribution in [3.05, 3.63) is 30.1 Å². The summed E-state index contributed by atoms with van der Waals surface area (Å²) in [7, 11) is -2.39. The van der Waals surface area contributed by atoms with Gasteiger partial charge in [0.05, 0.1) is 6.61 Å². The van der Waals surface area contributed by atoms with Gasteiger partial charge in [-0.3, -0.25) is 4.98 Å². The molecule has 0 atom stereocenters. The maximum Gasteiger partial charge on any atom is 0.328 e. The summed E-state index contributed by atoms with van der Waals surface area (Å²) in [6, 6.07) is 1.32. The Kier molecular flexibility index (Phi) is 5.16. The van der Waals surface area contributed by atoms with Crippen LogP contribution in [0.5, 0.6) is 0 Å². The first-order chi connectivity index (χ1) is 8.87. The van der Waals surface area contributed by atoms with Crippen LogP contribution in [0.4, 0.5) is 0 Å². The molecule has 0 aliphatic heterocycles. The Morgan fingerprint density at radius 2 is 2.16 bits per heavy atom. The van der Waals surface area contributed by atoms with E-state index in [-0.39, 0.29) is 18.0 Å². The maximum atomic E-state index is 12.0. The second-order valence-electron chi connectivity index (χ2n) is 3.68. The van der Waals surface area contributed by atoms with Gasteiger partial charge in [0.2, 0.25) is 10.0 Å². The van der Waals surface area contributed by atoms with E-state index in [2.05, 4.69) is 4.98 Å². The predicted octanol–water partition coefficient (Wildman–Crippen LogP) is -0.208. The molecule has 1 aromatic heterocycles. The molecule has 0 aliphatic rings. The normalized spacial score (nSPS) is 12.2. The number of carboxylic acids is 1. The fraction of sp³-hybridized carbons (Fsp3) is 0.273. The van der Waals surface area contributed by atoms with Crippen molar-refractivity contribution in [2.75, 3.05) is 20.2 Å². The number of sulfonamides is 1. The molecule has 0 saturated carbocycles. The van der Waals surface area contributed by atoms with Gasteiger partial charge in [0.15, 0.2) is 0 Å². The van der Waals surface area contributed by atoms with Crippen LogP contribution < -0.4 is 0 Å². The van der Waals surface area contributed by atoms with Gasteiger partial charge in [-0.15, -0.1) is 0 Å². The van der Waals surface area contributed by atoms with Crippen LogP contribution in [-0.2, 0) is 14.8 Å². The summed E-state index contributed by atoms with van der Waals surface area (Å²) < 4.78 is 25.1. The molecule has 1 rings (SSSR count). The van der Waals surface area contributed by atoms with Crippen LogP contribution in [0.3, 0.4) is 0 Å². The number of aliphatic hydroxyl groups is 1. The highest BCUT2D eigenvalue weighted by Gasteiger charge is 2.20. The molecule has 0 aliphatic carbocycles. The lowest BCUT2D eigenvalue weighted by molar-refractivity contribution is -0.131. The monoisotopic (exact) mass is 286 g/mol. The van der Waals surface area contributed by atoms with Crippen molar-refractivity contribution in [1.82, 2.24) is 9.29 Å². The summed E-state index contributed by atoms with van der Waals surface area (Å²) in [6.45, 7) is -0.320. The first kappa shape index (κ1) is 15.3. The molecular weight excluding hydrogens is 272 g/mol. The first-order valence-electron chi connectivity index (χ1n) is 5.31. The van der Waals surface area contributed by atoms with E-state index in [0.29, 0.717) is 5.56 Å². The summed E-state index contributed by atoms with van der Waals surface area (Å²) in [5.41, 5.74) is 0.362. The highest BCUT2D eigenvalue weighted by Crippen LogP contribution is 2.15. The highest BCUT2D eigenvalue weighted by atomic mass is 32.2. The topological polar surface area (TPSA) is 108 Å². The molecule has 1 aromatic rings. The van der Waals surface area contributed by atoms with Crippen molar-refractivity contribution < 1.29 is 23.4 Å². The van der Waals surface area contributed by atoms with Crippen molar-refractivity contribution in [1.29, 1.82) is 0 Å². The van der Waals surface area contributed by atoms with Crippen LogP contribution in [0.1, 0.15) is 5.56 Å². The molecular formula is C11H14N2O5S. The zero-order valence-corrected chi connectivity index (χ0v) is 11.0. The first-order valence-corrected chi connectivity index (χ1v) is 6.75. The number of hydrogen-bond donors (Lipinski definition) is 2. The Morgan fingerprint density at radius 1 is 1.47 bits per heavy atom. The quantitative estimate of drug-likeness (QED) is 0.701. The fourth-order valence-corrected chi connectivity index (χ4v) is 2.44. The average Bonchev–Trinajstić information content (AvgIpc) is 2.37. The summed E-state index contributed by atoms with van der Waals surface area (Å²) in [5, 5.41) is 17.2. The Hall–Kier alpha value is -1.77. The third-order valence-electron chi connectivity index (χ3n) is 2.28. The van der Waals surface area contributed by atoms with E-state index < -0.39 is 16.0 Å². The van der Waals surface area contributed by atoms with Gasteiger partial charge < -0.3 is 10.2 Å². The van der Waals surface area contributed by atoms with E-state index in [1.165, 1.54) is 31.6 Å². The maximum absolute atomic E-state index is 12.0. The lowest BCUT2D eigenvalue weighted by Gasteiger charge is -2.15. The molecule has 0 fully saturated rings. The molecule has 0 amide bonds. The van der Waals surface area contributed by atoms with Crippen LogP contribution in [0, 0.1) is 0 Å². The number of aromatic nitrogens is 1. The van der Waals surface area contributed by atoms with E-state index in [4.69, 9.17) is 10.2 Å². The highest BCUT2D eigenvalue weighted by molar-refractivity contribution is 7.89. The smallest absolute Gasteiger partial charge is 0.328 e. The zero-order chi connectivity index (χ0) is 14.5. The minimum Gasteiger partial charge on any atom is -0.478 e. The molecule has 0 aromatic carbocycles. The Balaban J connectivity index is 3.08. The lowest BCUT2D eigenvalue weighted by atomic mass is 10.2. The molecule has 1 heterocycles. The van der Waals surface area contributed by atoms with Crippen LogP contribution in [-0.4, -0.2) is 54.1 Å². The standard InChI is InChI=1S/C11H14N2O5S/c1-13(4-5-14)19(17,18)10-6-9(7-12-8-10)2-3-11(15)16/h2-3,6-8,14H,4-5H2,1H3,(H,15,16). The summed E-state index contributed by atoms with van der Waals surface area (Å²) in [4.78, 5) is 14.1. The van der Waals surface area contributed by atoms with E-state index >= 15 is 0 Å². The molecule has 19 heavy (non-hydrogen) atoms. The van der Waals surface area contributed by atoms with Crippen molar-refractivity contribution in [2.24, 2.45) is 0 Å². The zero-order valence-electron chi connectivity index (χ0n) is 10.2. The molecule has 104 valence electrons. The van der Waals surface area contributed by atoms with E-state index in [1.54, 1.807) is 0 Å². The minimum atomic E-state index is -3.73. The number of pyridine rings is 1. The Bertz CT molecular complexity index is 583. The van der Waals surface area contributed by atoms with Gasteiger partial charge in [-0.25, -0.2) is 13.2 Å². The predicted molar refractivity (Wildman–Crippen MR) is 67.8 cm³/mol. The second-order valence-corrected chi connectivity index (χ2v) is 5.72. The molecule has 0 unspecified atom stereocenters. The van der Waals surface area contributed by atoms with Crippen molar-refractivity contribution >= 4 is 22.1 Å². The van der Waals surface area contributed by atoms with Gasteiger partial charge in [-0.2, -0.15) is 4.31 Å². The number of carbonyl (C=O) groups is 1. The summed E-state index contributed by atoms with van der Waals surface area (Å²) in [6.07, 6.45) is 4.66. The third kappa shape index (κ3) is 4.12. The fourth-order valence-electron chi connectivity index (χ4n) is 1.28. The van der Waals surface area contributed by atoms with Crippen LogP contribution >= 0.6 is 0 Å². The van der Waals surface area contributed by atoms with Crippen molar-refractivity contribution in [3.63, 3.8) is 0 Å². The second kappa shape index (κ2) is 6.41. The number of nitrogens with zero attached hydrogens (tertiary/aromatic N) is 2. The Morgan fingerprint density at radius 3 is 2.74 bits per heavy atom. The molecule has 8 heteroatoms. The van der Waals surface area contributed by atoms with Gasteiger partial charge in [0, 0.05) is 32.1 Å². The van der Waals surface area contributed by atoms with Gasteiger partial charge in [0.1, 0.15) is 4.90 Å². The number of carboxylic acid groups (broad SMARTS) is 1. The molecule has 2 N–H and O–H groups in total. The SMILES string of the molecule is CN(CCO)S(=O)(=O)c1cncc(C=CC(=O)O)c1. The minimum absolute atomic E-state index is 0.0302. The third-order valence-corrected chi connectivity index (χ3v) is 4.10. The van der Waals surface area contributed by atoms with E-state index in [1.807, 2.05) is 0 Å². The summed E-state index contributed by atoms with van der Waals surface area (Å²) >= 11 is 0. The largest absolute Gasteiger partial charge is 0.478 e. The van der Waals surface area contributed by atoms with Gasteiger partial charge in [0.25, 0.3) is 0 Å². The molecule has 0 spiro atoms. The van der Waals surface area contributed by atoms with Crippen LogP contribution in [0.15, 0.2) is 29.4 Å². The summed E-state index contributed by atoms with van der Waals surface area (Å²) in [5.74, 6) is -1.13. The number of aliphatic carboxylic acids is 1. The van der Waals surface area contributed by atoms with Crippen molar-refractivity contribution in [3.8, 4) is 0 Å². The average molecular weight is 286 g/mol. The van der Waals surface area contributed by atoms with Gasteiger partial charge >= 0.3 is 5.97 Å². The molecule has 0 radical (unpaired) electrons.